The van der Waals surface area contributed by atoms with E-state index in [0.29, 0.717) is 24.8 Å². The Labute approximate surface area is 129 Å². The van der Waals surface area contributed by atoms with Gasteiger partial charge in [-0.1, -0.05) is 25.5 Å². The summed E-state index contributed by atoms with van der Waals surface area (Å²) in [5, 5.41) is 12.0. The van der Waals surface area contributed by atoms with Gasteiger partial charge in [-0.3, -0.25) is 0 Å². The van der Waals surface area contributed by atoms with Crippen molar-refractivity contribution >= 4 is 11.8 Å². The number of hydrogen-bond acceptors (Lipinski definition) is 5. The van der Waals surface area contributed by atoms with Crippen molar-refractivity contribution in [1.82, 2.24) is 9.97 Å². The summed E-state index contributed by atoms with van der Waals surface area (Å²) in [5.41, 5.74) is 0.914. The second-order valence-corrected chi connectivity index (χ2v) is 4.74. The van der Waals surface area contributed by atoms with E-state index in [2.05, 4.69) is 22.2 Å². The quantitative estimate of drug-likeness (QED) is 0.729. The number of aromatic nitrogens is 2. The molecule has 0 unspecified atom stereocenters. The van der Waals surface area contributed by atoms with Crippen LogP contribution in [0.4, 0.5) is 5.82 Å². The fourth-order valence-corrected chi connectivity index (χ4v) is 1.84. The molecule has 0 aliphatic rings. The van der Waals surface area contributed by atoms with Crippen molar-refractivity contribution in [2.24, 2.45) is 0 Å². The van der Waals surface area contributed by atoms with Crippen molar-refractivity contribution in [3.63, 3.8) is 0 Å². The van der Waals surface area contributed by atoms with Gasteiger partial charge in [0.15, 0.2) is 5.69 Å². The van der Waals surface area contributed by atoms with E-state index in [-0.39, 0.29) is 5.69 Å². The Morgan fingerprint density at radius 3 is 2.95 bits per heavy atom. The normalized spacial score (nSPS) is 10.2. The number of carbonyl (C=O) groups is 1. The number of unbranched alkanes of at least 4 members (excludes halogenated alkanes) is 1. The van der Waals surface area contributed by atoms with Gasteiger partial charge in [-0.2, -0.15) is 0 Å². The van der Waals surface area contributed by atoms with Crippen molar-refractivity contribution in [2.75, 3.05) is 11.9 Å². The molecule has 6 heteroatoms. The molecular formula is C16H19N3O3. The number of carboxylic acid groups (broad SMARTS) is 1. The summed E-state index contributed by atoms with van der Waals surface area (Å²) in [7, 11) is 0. The molecule has 0 saturated carbocycles. The SMILES string of the molecule is CCCCOc1ncccc1CNc1cccc(C(=O)O)n1. The largest absolute Gasteiger partial charge is 0.477 e. The zero-order valence-electron chi connectivity index (χ0n) is 12.5. The number of aromatic carboxylic acids is 1. The minimum atomic E-state index is -1.05. The number of pyridine rings is 2. The average Bonchev–Trinajstić information content (AvgIpc) is 2.54. The first-order chi connectivity index (χ1) is 10.7. The monoisotopic (exact) mass is 301 g/mol. The van der Waals surface area contributed by atoms with E-state index in [9.17, 15) is 4.79 Å². The molecule has 0 aromatic carbocycles. The molecule has 0 radical (unpaired) electrons. The Bertz CT molecular complexity index is 632. The maximum Gasteiger partial charge on any atom is 0.354 e. The van der Waals surface area contributed by atoms with Crippen molar-refractivity contribution in [3.8, 4) is 5.88 Å². The van der Waals surface area contributed by atoms with Gasteiger partial charge in [-0.25, -0.2) is 14.8 Å². The number of rotatable bonds is 8. The first-order valence-corrected chi connectivity index (χ1v) is 7.21. The second kappa shape index (κ2) is 7.97. The molecule has 2 N–H and O–H groups in total. The van der Waals surface area contributed by atoms with Gasteiger partial charge < -0.3 is 15.2 Å². The summed E-state index contributed by atoms with van der Waals surface area (Å²) in [5.74, 6) is 0.0507. The Morgan fingerprint density at radius 1 is 1.32 bits per heavy atom. The molecule has 0 fully saturated rings. The average molecular weight is 301 g/mol. The highest BCUT2D eigenvalue weighted by molar-refractivity contribution is 5.85. The number of nitrogens with zero attached hydrogens (tertiary/aromatic N) is 2. The first-order valence-electron chi connectivity index (χ1n) is 7.21. The number of hydrogen-bond donors (Lipinski definition) is 2. The number of ether oxygens (including phenoxy) is 1. The van der Waals surface area contributed by atoms with Crippen molar-refractivity contribution in [3.05, 3.63) is 47.8 Å². The maximum absolute atomic E-state index is 10.9. The van der Waals surface area contributed by atoms with Crippen molar-refractivity contribution in [1.29, 1.82) is 0 Å². The smallest absolute Gasteiger partial charge is 0.354 e. The third-order valence-corrected chi connectivity index (χ3v) is 3.01. The van der Waals surface area contributed by atoms with Gasteiger partial charge in [-0.15, -0.1) is 0 Å². The zero-order chi connectivity index (χ0) is 15.8. The van der Waals surface area contributed by atoms with E-state index in [0.717, 1.165) is 18.4 Å². The highest BCUT2D eigenvalue weighted by atomic mass is 16.5. The molecule has 0 aliphatic heterocycles. The maximum atomic E-state index is 10.9. The molecule has 0 amide bonds. The Hall–Kier alpha value is -2.63. The van der Waals surface area contributed by atoms with Crippen LogP contribution in [-0.2, 0) is 6.54 Å². The van der Waals surface area contributed by atoms with Crippen LogP contribution in [0.1, 0.15) is 35.8 Å². The van der Waals surface area contributed by atoms with E-state index in [1.54, 1.807) is 18.3 Å². The predicted octanol–water partition coefficient (Wildman–Crippen LogP) is 2.97. The Balaban J connectivity index is 2.02. The van der Waals surface area contributed by atoms with Gasteiger partial charge in [-0.05, 0) is 24.6 Å². The van der Waals surface area contributed by atoms with Crippen LogP contribution in [0, 0.1) is 0 Å². The van der Waals surface area contributed by atoms with E-state index in [1.807, 2.05) is 12.1 Å². The summed E-state index contributed by atoms with van der Waals surface area (Å²) in [6, 6.07) is 8.59. The highest BCUT2D eigenvalue weighted by Gasteiger charge is 2.07. The third kappa shape index (κ3) is 4.44. The summed E-state index contributed by atoms with van der Waals surface area (Å²) < 4.78 is 5.66. The van der Waals surface area contributed by atoms with Gasteiger partial charge in [0.2, 0.25) is 5.88 Å². The molecule has 0 atom stereocenters. The standard InChI is InChI=1S/C16H19N3O3/c1-2-3-10-22-15-12(6-5-9-17-15)11-18-14-8-4-7-13(19-14)16(20)21/h4-9H,2-3,10-11H2,1H3,(H,18,19)(H,20,21). The van der Waals surface area contributed by atoms with Crippen LogP contribution in [0.2, 0.25) is 0 Å². The molecule has 2 aromatic heterocycles. The second-order valence-electron chi connectivity index (χ2n) is 4.74. The van der Waals surface area contributed by atoms with E-state index in [1.165, 1.54) is 6.07 Å². The number of carboxylic acids is 1. The lowest BCUT2D eigenvalue weighted by atomic mass is 10.2. The summed E-state index contributed by atoms with van der Waals surface area (Å²) >= 11 is 0. The molecule has 0 aliphatic carbocycles. The molecule has 2 aromatic rings. The van der Waals surface area contributed by atoms with E-state index >= 15 is 0 Å². The molecule has 116 valence electrons. The summed E-state index contributed by atoms with van der Waals surface area (Å²) in [6.07, 6.45) is 3.73. The van der Waals surface area contributed by atoms with E-state index in [4.69, 9.17) is 9.84 Å². The lowest BCUT2D eigenvalue weighted by Gasteiger charge is -2.11. The van der Waals surface area contributed by atoms with Crippen LogP contribution in [0.25, 0.3) is 0 Å². The van der Waals surface area contributed by atoms with Crippen LogP contribution in [0.15, 0.2) is 36.5 Å². The molecule has 2 heterocycles. The molecule has 0 bridgehead atoms. The number of nitrogens with one attached hydrogen (secondary N) is 1. The summed E-state index contributed by atoms with van der Waals surface area (Å²) in [6.45, 7) is 3.20. The third-order valence-electron chi connectivity index (χ3n) is 3.01. The molecule has 2 rings (SSSR count). The highest BCUT2D eigenvalue weighted by Crippen LogP contribution is 2.16. The number of anilines is 1. The van der Waals surface area contributed by atoms with Crippen molar-refractivity contribution < 1.29 is 14.6 Å². The lowest BCUT2D eigenvalue weighted by molar-refractivity contribution is 0.0690. The van der Waals surface area contributed by atoms with Crippen LogP contribution >= 0.6 is 0 Å². The zero-order valence-corrected chi connectivity index (χ0v) is 12.5. The van der Waals surface area contributed by atoms with Crippen LogP contribution in [-0.4, -0.2) is 27.7 Å². The van der Waals surface area contributed by atoms with Crippen LogP contribution in [0.3, 0.4) is 0 Å². The Kier molecular flexibility index (Phi) is 5.71. The van der Waals surface area contributed by atoms with E-state index < -0.39 is 5.97 Å². The topological polar surface area (TPSA) is 84.3 Å². The molecular weight excluding hydrogens is 282 g/mol. The summed E-state index contributed by atoms with van der Waals surface area (Å²) in [4.78, 5) is 19.2. The van der Waals surface area contributed by atoms with Gasteiger partial charge in [0.05, 0.1) is 6.61 Å². The van der Waals surface area contributed by atoms with Gasteiger partial charge in [0, 0.05) is 18.3 Å². The molecule has 0 spiro atoms. The Morgan fingerprint density at radius 2 is 2.18 bits per heavy atom. The van der Waals surface area contributed by atoms with Crippen LogP contribution < -0.4 is 10.1 Å². The fraction of sp³-hybridized carbons (Fsp3) is 0.312. The van der Waals surface area contributed by atoms with Gasteiger partial charge in [0.25, 0.3) is 0 Å². The van der Waals surface area contributed by atoms with Crippen molar-refractivity contribution in [2.45, 2.75) is 26.3 Å². The molecule has 6 nitrogen and oxygen atoms in total. The minimum Gasteiger partial charge on any atom is -0.477 e. The van der Waals surface area contributed by atoms with Crippen LogP contribution in [0.5, 0.6) is 5.88 Å². The minimum absolute atomic E-state index is 0.00982. The van der Waals surface area contributed by atoms with Gasteiger partial charge >= 0.3 is 5.97 Å². The fourth-order valence-electron chi connectivity index (χ4n) is 1.84. The molecule has 0 saturated heterocycles. The molecule has 22 heavy (non-hydrogen) atoms. The lowest BCUT2D eigenvalue weighted by Crippen LogP contribution is -2.08. The predicted molar refractivity (Wildman–Crippen MR) is 83.2 cm³/mol. The first kappa shape index (κ1) is 15.8. The van der Waals surface area contributed by atoms with Gasteiger partial charge in [0.1, 0.15) is 5.82 Å².